The molecule has 3 N–H and O–H groups in total. The van der Waals surface area contributed by atoms with E-state index in [4.69, 9.17) is 22.1 Å². The Hall–Kier alpha value is -0.930. The predicted molar refractivity (Wildman–Crippen MR) is 67.9 cm³/mol. The summed E-state index contributed by atoms with van der Waals surface area (Å²) in [4.78, 5) is 0. The van der Waals surface area contributed by atoms with E-state index in [1.807, 2.05) is 18.2 Å². The maximum absolute atomic E-state index is 6.12. The summed E-state index contributed by atoms with van der Waals surface area (Å²) in [6.07, 6.45) is 3.64. The maximum Gasteiger partial charge on any atom is 0.0772 e. The van der Waals surface area contributed by atoms with Crippen molar-refractivity contribution in [3.8, 4) is 0 Å². The van der Waals surface area contributed by atoms with Crippen LogP contribution in [0.15, 0.2) is 18.2 Å². The fourth-order valence-corrected chi connectivity index (χ4v) is 2.49. The first-order valence-electron chi connectivity index (χ1n) is 5.55. The Labute approximate surface area is 101 Å². The van der Waals surface area contributed by atoms with Crippen LogP contribution in [0.3, 0.4) is 0 Å². The summed E-state index contributed by atoms with van der Waals surface area (Å²) >= 11 is 6.12. The first kappa shape index (κ1) is 11.6. The van der Waals surface area contributed by atoms with E-state index in [0.717, 1.165) is 18.5 Å². The lowest BCUT2D eigenvalue weighted by Gasteiger charge is -2.22. The van der Waals surface area contributed by atoms with Gasteiger partial charge in [-0.25, -0.2) is 0 Å². The SMILES string of the molecule is COC1CCCC1Nc1c(N)cccc1Cl. The van der Waals surface area contributed by atoms with Gasteiger partial charge in [-0.2, -0.15) is 0 Å². The van der Waals surface area contributed by atoms with Crippen LogP contribution in [0.2, 0.25) is 5.02 Å². The number of halogens is 1. The Morgan fingerprint density at radius 2 is 2.25 bits per heavy atom. The topological polar surface area (TPSA) is 47.3 Å². The van der Waals surface area contributed by atoms with Crippen LogP contribution in [0.4, 0.5) is 11.4 Å². The zero-order valence-corrected chi connectivity index (χ0v) is 10.1. The molecule has 0 saturated heterocycles. The molecule has 0 spiro atoms. The zero-order valence-electron chi connectivity index (χ0n) is 9.37. The number of nitrogens with one attached hydrogen (secondary N) is 1. The van der Waals surface area contributed by atoms with Gasteiger partial charge >= 0.3 is 0 Å². The number of hydrogen-bond acceptors (Lipinski definition) is 3. The molecule has 2 rings (SSSR count). The minimum atomic E-state index is 0.260. The molecule has 16 heavy (non-hydrogen) atoms. The van der Waals surface area contributed by atoms with Gasteiger partial charge in [0.2, 0.25) is 0 Å². The molecule has 1 saturated carbocycles. The highest BCUT2D eigenvalue weighted by Crippen LogP contribution is 2.32. The summed E-state index contributed by atoms with van der Waals surface area (Å²) in [5, 5.41) is 4.06. The fourth-order valence-electron chi connectivity index (χ4n) is 2.25. The van der Waals surface area contributed by atoms with E-state index in [1.54, 1.807) is 7.11 Å². The molecule has 1 aliphatic carbocycles. The highest BCUT2D eigenvalue weighted by atomic mass is 35.5. The quantitative estimate of drug-likeness (QED) is 0.799. The summed E-state index contributed by atoms with van der Waals surface area (Å²) in [6.45, 7) is 0. The summed E-state index contributed by atoms with van der Waals surface area (Å²) in [5.74, 6) is 0. The summed E-state index contributed by atoms with van der Waals surface area (Å²) < 4.78 is 5.43. The standard InChI is InChI=1S/C12H17ClN2O/c1-16-11-7-3-6-10(11)15-12-8(13)4-2-5-9(12)14/h2,4-5,10-11,15H,3,6-7,14H2,1H3. The second-order valence-electron chi connectivity index (χ2n) is 4.16. The summed E-state index contributed by atoms with van der Waals surface area (Å²) in [7, 11) is 1.75. The van der Waals surface area contributed by atoms with Gasteiger partial charge in [-0.1, -0.05) is 17.7 Å². The van der Waals surface area contributed by atoms with Crippen molar-refractivity contribution in [2.75, 3.05) is 18.2 Å². The number of para-hydroxylation sites is 1. The van der Waals surface area contributed by atoms with Gasteiger partial charge in [-0.05, 0) is 31.4 Å². The molecule has 0 heterocycles. The number of nitrogens with two attached hydrogens (primary N) is 1. The largest absolute Gasteiger partial charge is 0.397 e. The Balaban J connectivity index is 2.14. The van der Waals surface area contributed by atoms with Crippen LogP contribution < -0.4 is 11.1 Å². The molecule has 0 aliphatic heterocycles. The van der Waals surface area contributed by atoms with Gasteiger partial charge in [0.1, 0.15) is 0 Å². The van der Waals surface area contributed by atoms with E-state index in [9.17, 15) is 0 Å². The van der Waals surface area contributed by atoms with Crippen LogP contribution in [-0.4, -0.2) is 19.3 Å². The van der Waals surface area contributed by atoms with Crippen molar-refractivity contribution in [2.45, 2.75) is 31.4 Å². The van der Waals surface area contributed by atoms with Gasteiger partial charge in [-0.3, -0.25) is 0 Å². The second kappa shape index (κ2) is 4.93. The van der Waals surface area contributed by atoms with Crippen LogP contribution in [-0.2, 0) is 4.74 Å². The normalized spacial score (nSPS) is 24.6. The highest BCUT2D eigenvalue weighted by molar-refractivity contribution is 6.33. The summed E-state index contributed by atoms with van der Waals surface area (Å²) in [5.41, 5.74) is 7.42. The summed E-state index contributed by atoms with van der Waals surface area (Å²) in [6, 6.07) is 5.86. The zero-order chi connectivity index (χ0) is 11.5. The van der Waals surface area contributed by atoms with Crippen LogP contribution in [0.25, 0.3) is 0 Å². The van der Waals surface area contributed by atoms with E-state index >= 15 is 0 Å². The van der Waals surface area contributed by atoms with E-state index in [0.29, 0.717) is 16.8 Å². The van der Waals surface area contributed by atoms with E-state index in [-0.39, 0.29) is 6.10 Å². The molecule has 1 fully saturated rings. The monoisotopic (exact) mass is 240 g/mol. The molecular weight excluding hydrogens is 224 g/mol. The lowest BCUT2D eigenvalue weighted by atomic mass is 10.2. The maximum atomic E-state index is 6.12. The molecule has 4 heteroatoms. The van der Waals surface area contributed by atoms with Crippen molar-refractivity contribution in [2.24, 2.45) is 0 Å². The van der Waals surface area contributed by atoms with Gasteiger partial charge < -0.3 is 15.8 Å². The van der Waals surface area contributed by atoms with Crippen molar-refractivity contribution in [3.05, 3.63) is 23.2 Å². The Kier molecular flexibility index (Phi) is 3.56. The van der Waals surface area contributed by atoms with Crippen LogP contribution in [0.5, 0.6) is 0 Å². The minimum Gasteiger partial charge on any atom is -0.397 e. The fraction of sp³-hybridized carbons (Fsp3) is 0.500. The first-order chi connectivity index (χ1) is 7.72. The Morgan fingerprint density at radius 3 is 2.94 bits per heavy atom. The number of methoxy groups -OCH3 is 1. The Morgan fingerprint density at radius 1 is 1.44 bits per heavy atom. The average molecular weight is 241 g/mol. The molecule has 0 amide bonds. The molecule has 2 unspecified atom stereocenters. The third-order valence-corrected chi connectivity index (χ3v) is 3.45. The molecule has 1 aromatic rings. The lowest BCUT2D eigenvalue weighted by molar-refractivity contribution is 0.101. The van der Waals surface area contributed by atoms with Gasteiger partial charge in [0.05, 0.1) is 28.5 Å². The highest BCUT2D eigenvalue weighted by Gasteiger charge is 2.27. The van der Waals surface area contributed by atoms with Crippen LogP contribution in [0.1, 0.15) is 19.3 Å². The van der Waals surface area contributed by atoms with E-state index in [2.05, 4.69) is 5.32 Å². The van der Waals surface area contributed by atoms with E-state index in [1.165, 1.54) is 6.42 Å². The van der Waals surface area contributed by atoms with Gasteiger partial charge in [0.15, 0.2) is 0 Å². The molecule has 0 bridgehead atoms. The van der Waals surface area contributed by atoms with Gasteiger partial charge in [0, 0.05) is 7.11 Å². The molecule has 2 atom stereocenters. The molecule has 0 aromatic heterocycles. The number of ether oxygens (including phenoxy) is 1. The number of anilines is 2. The molecule has 3 nitrogen and oxygen atoms in total. The second-order valence-corrected chi connectivity index (χ2v) is 4.57. The average Bonchev–Trinajstić information content (AvgIpc) is 2.71. The number of hydrogen-bond donors (Lipinski definition) is 2. The molecule has 1 aliphatic rings. The third kappa shape index (κ3) is 2.25. The molecular formula is C12H17ClN2O. The van der Waals surface area contributed by atoms with Crippen LogP contribution in [0, 0.1) is 0 Å². The lowest BCUT2D eigenvalue weighted by Crippen LogP contribution is -2.30. The van der Waals surface area contributed by atoms with Gasteiger partial charge in [0.25, 0.3) is 0 Å². The number of nitrogen functional groups attached to an aromatic ring is 1. The molecule has 0 radical (unpaired) electrons. The number of benzene rings is 1. The van der Waals surface area contributed by atoms with Crippen molar-refractivity contribution >= 4 is 23.0 Å². The van der Waals surface area contributed by atoms with Crippen molar-refractivity contribution < 1.29 is 4.74 Å². The van der Waals surface area contributed by atoms with E-state index < -0.39 is 0 Å². The molecule has 1 aromatic carbocycles. The van der Waals surface area contributed by atoms with Gasteiger partial charge in [-0.15, -0.1) is 0 Å². The predicted octanol–water partition coefficient (Wildman–Crippen LogP) is 2.90. The van der Waals surface area contributed by atoms with Crippen molar-refractivity contribution in [3.63, 3.8) is 0 Å². The smallest absolute Gasteiger partial charge is 0.0772 e. The van der Waals surface area contributed by atoms with Crippen LogP contribution >= 0.6 is 11.6 Å². The number of rotatable bonds is 3. The van der Waals surface area contributed by atoms with Crippen molar-refractivity contribution in [1.29, 1.82) is 0 Å². The Bertz CT molecular complexity index is 350. The van der Waals surface area contributed by atoms with Crippen molar-refractivity contribution in [1.82, 2.24) is 0 Å². The third-order valence-electron chi connectivity index (χ3n) is 3.13. The minimum absolute atomic E-state index is 0.260. The first-order valence-corrected chi connectivity index (χ1v) is 5.93. The molecule has 88 valence electrons.